The van der Waals surface area contributed by atoms with Crippen LogP contribution >= 0.6 is 11.8 Å². The summed E-state index contributed by atoms with van der Waals surface area (Å²) in [5.74, 6) is 0.957. The molecule has 4 atom stereocenters. The first-order chi connectivity index (χ1) is 15.7. The summed E-state index contributed by atoms with van der Waals surface area (Å²) in [6.45, 7) is 0.728. The average Bonchev–Trinajstić information content (AvgIpc) is 3.43. The van der Waals surface area contributed by atoms with Gasteiger partial charge >= 0.3 is 12.1 Å². The number of oxime groups is 1. The predicted octanol–water partition coefficient (Wildman–Crippen LogP) is 3.33. The van der Waals surface area contributed by atoms with Gasteiger partial charge in [-0.3, -0.25) is 9.69 Å². The highest BCUT2D eigenvalue weighted by atomic mass is 32.2. The molecule has 0 spiro atoms. The Kier molecular flexibility index (Phi) is 7.20. The molecule has 0 amide bonds. The number of hydrogen-bond donors (Lipinski definition) is 2. The fraction of sp³-hybridized carbons (Fsp3) is 0.545. The highest BCUT2D eigenvalue weighted by molar-refractivity contribution is 7.99. The van der Waals surface area contributed by atoms with Crippen molar-refractivity contribution < 1.29 is 37.8 Å². The summed E-state index contributed by atoms with van der Waals surface area (Å²) in [5, 5.41) is 23.8. The fourth-order valence-corrected chi connectivity index (χ4v) is 5.34. The Morgan fingerprint density at radius 1 is 1.27 bits per heavy atom. The fourth-order valence-electron chi connectivity index (χ4n) is 4.14. The van der Waals surface area contributed by atoms with Gasteiger partial charge in [0.1, 0.15) is 12.6 Å². The summed E-state index contributed by atoms with van der Waals surface area (Å²) < 4.78 is 44.0. The number of alkyl halides is 3. The van der Waals surface area contributed by atoms with E-state index in [2.05, 4.69) is 5.16 Å². The molecule has 1 aliphatic carbocycles. The molecule has 7 nitrogen and oxygen atoms in total. The lowest BCUT2D eigenvalue weighted by Crippen LogP contribution is -2.43. The van der Waals surface area contributed by atoms with Crippen molar-refractivity contribution in [1.82, 2.24) is 4.90 Å². The van der Waals surface area contributed by atoms with Crippen molar-refractivity contribution in [2.45, 2.75) is 43.7 Å². The van der Waals surface area contributed by atoms with Gasteiger partial charge in [-0.1, -0.05) is 17.3 Å². The molecule has 2 aliphatic heterocycles. The van der Waals surface area contributed by atoms with Crippen molar-refractivity contribution in [3.63, 3.8) is 0 Å². The van der Waals surface area contributed by atoms with Crippen molar-refractivity contribution in [3.05, 3.63) is 47.2 Å². The van der Waals surface area contributed by atoms with Gasteiger partial charge in [0, 0.05) is 36.9 Å². The van der Waals surface area contributed by atoms with Gasteiger partial charge in [0.25, 0.3) is 0 Å². The molecule has 33 heavy (non-hydrogen) atoms. The molecule has 0 aromatic heterocycles. The quantitative estimate of drug-likeness (QED) is 0.611. The number of aliphatic carboxylic acids is 1. The van der Waals surface area contributed by atoms with Crippen LogP contribution in [0.4, 0.5) is 13.2 Å². The molecule has 2 heterocycles. The van der Waals surface area contributed by atoms with Crippen molar-refractivity contribution in [1.29, 1.82) is 0 Å². The topological polar surface area (TPSA) is 91.6 Å². The highest BCUT2D eigenvalue weighted by Crippen LogP contribution is 2.31. The van der Waals surface area contributed by atoms with Gasteiger partial charge in [0.2, 0.25) is 0 Å². The number of aliphatic hydroxyl groups is 1. The van der Waals surface area contributed by atoms with E-state index in [1.54, 1.807) is 11.8 Å². The minimum absolute atomic E-state index is 0.0600. The van der Waals surface area contributed by atoms with E-state index in [-0.39, 0.29) is 18.6 Å². The van der Waals surface area contributed by atoms with Crippen molar-refractivity contribution in [2.75, 3.05) is 24.8 Å². The third-order valence-corrected chi connectivity index (χ3v) is 7.13. The van der Waals surface area contributed by atoms with E-state index in [1.165, 1.54) is 12.1 Å². The molecule has 1 aromatic carbocycles. The van der Waals surface area contributed by atoms with Crippen LogP contribution in [0, 0.1) is 5.92 Å². The summed E-state index contributed by atoms with van der Waals surface area (Å²) in [7, 11) is 0. The van der Waals surface area contributed by atoms with E-state index >= 15 is 0 Å². The number of nitrogens with zero attached hydrogens (tertiary/aromatic N) is 2. The van der Waals surface area contributed by atoms with Crippen molar-refractivity contribution in [2.24, 2.45) is 11.1 Å². The smallest absolute Gasteiger partial charge is 0.416 e. The SMILES string of the molecule is O=C(O)C1CSCN1CC1CC=C(OCC2CC(c3ccc(C(F)(F)F)cc3)=NO2)CC1O. The number of carboxylic acids is 1. The molecule has 4 rings (SSSR count). The Morgan fingerprint density at radius 3 is 2.70 bits per heavy atom. The largest absolute Gasteiger partial charge is 0.494 e. The Hall–Kier alpha value is -2.24. The molecule has 1 aromatic rings. The standard InChI is InChI=1S/C22H25F3N2O5S/c23-22(24,25)15-4-1-13(2-5-15)18-7-17(32-26-18)10-31-16-6-3-14(20(28)8-16)9-27-12-33-11-19(27)21(29)30/h1-2,4-6,14,17,19-20,28H,3,7-12H2,(H,29,30). The zero-order valence-corrected chi connectivity index (χ0v) is 18.5. The summed E-state index contributed by atoms with van der Waals surface area (Å²) in [6.07, 6.45) is -2.13. The third-order valence-electron chi connectivity index (χ3n) is 6.06. The maximum atomic E-state index is 12.7. The molecule has 0 radical (unpaired) electrons. The Bertz CT molecular complexity index is 922. The van der Waals surface area contributed by atoms with Gasteiger partial charge in [0.05, 0.1) is 23.1 Å². The van der Waals surface area contributed by atoms with Crippen LogP contribution in [-0.4, -0.2) is 69.8 Å². The monoisotopic (exact) mass is 486 g/mol. The molecular formula is C22H25F3N2O5S. The van der Waals surface area contributed by atoms with E-state index in [0.717, 1.165) is 12.1 Å². The lowest BCUT2D eigenvalue weighted by Gasteiger charge is -2.32. The van der Waals surface area contributed by atoms with Crippen LogP contribution in [0.25, 0.3) is 0 Å². The number of carboxylic acid groups (broad SMARTS) is 1. The van der Waals surface area contributed by atoms with Crippen LogP contribution in [0.2, 0.25) is 0 Å². The van der Waals surface area contributed by atoms with Crippen LogP contribution in [0.3, 0.4) is 0 Å². The molecule has 4 unspecified atom stereocenters. The molecule has 180 valence electrons. The average molecular weight is 487 g/mol. The zero-order chi connectivity index (χ0) is 23.6. The summed E-state index contributed by atoms with van der Waals surface area (Å²) in [4.78, 5) is 18.6. The van der Waals surface area contributed by atoms with E-state index in [0.29, 0.717) is 54.5 Å². The Balaban J connectivity index is 1.24. The Labute approximate surface area is 193 Å². The normalized spacial score (nSPS) is 28.2. The van der Waals surface area contributed by atoms with E-state index in [4.69, 9.17) is 9.57 Å². The predicted molar refractivity (Wildman–Crippen MR) is 116 cm³/mol. The number of aliphatic hydroxyl groups excluding tert-OH is 1. The molecule has 1 fully saturated rings. The number of halogens is 3. The summed E-state index contributed by atoms with van der Waals surface area (Å²) in [6, 6.07) is 4.28. The molecule has 3 aliphatic rings. The number of allylic oxidation sites excluding steroid dienone is 1. The van der Waals surface area contributed by atoms with Crippen LogP contribution in [-0.2, 0) is 20.5 Å². The van der Waals surface area contributed by atoms with E-state index in [9.17, 15) is 28.2 Å². The first-order valence-electron chi connectivity index (χ1n) is 10.7. The lowest BCUT2D eigenvalue weighted by molar-refractivity contribution is -0.142. The minimum Gasteiger partial charge on any atom is -0.494 e. The molecule has 11 heteroatoms. The van der Waals surface area contributed by atoms with Gasteiger partial charge in [-0.15, -0.1) is 11.8 Å². The number of thioether (sulfide) groups is 1. The number of benzene rings is 1. The molecule has 0 saturated carbocycles. The molecular weight excluding hydrogens is 461 g/mol. The molecule has 1 saturated heterocycles. The highest BCUT2D eigenvalue weighted by Gasteiger charge is 2.35. The van der Waals surface area contributed by atoms with E-state index in [1.807, 2.05) is 11.0 Å². The third kappa shape index (κ3) is 5.82. The van der Waals surface area contributed by atoms with Gasteiger partial charge in [0.15, 0.2) is 6.10 Å². The summed E-state index contributed by atoms with van der Waals surface area (Å²) in [5.41, 5.74) is 0.417. The van der Waals surface area contributed by atoms with Gasteiger partial charge in [-0.25, -0.2) is 0 Å². The number of ether oxygens (including phenoxy) is 1. The van der Waals surface area contributed by atoms with E-state index < -0.39 is 29.9 Å². The Morgan fingerprint density at radius 2 is 2.03 bits per heavy atom. The number of hydrogen-bond acceptors (Lipinski definition) is 7. The number of rotatable bonds is 7. The second-order valence-corrected chi connectivity index (χ2v) is 9.42. The maximum Gasteiger partial charge on any atom is 0.416 e. The second-order valence-electron chi connectivity index (χ2n) is 8.42. The van der Waals surface area contributed by atoms with Crippen LogP contribution in [0.1, 0.15) is 30.4 Å². The maximum absolute atomic E-state index is 12.7. The van der Waals surface area contributed by atoms with Crippen LogP contribution in [0.15, 0.2) is 41.3 Å². The van der Waals surface area contributed by atoms with Gasteiger partial charge in [-0.05, 0) is 30.2 Å². The van der Waals surface area contributed by atoms with Gasteiger partial charge in [-0.2, -0.15) is 13.2 Å². The second kappa shape index (κ2) is 9.94. The first kappa shape index (κ1) is 23.9. The zero-order valence-electron chi connectivity index (χ0n) is 17.7. The van der Waals surface area contributed by atoms with Crippen LogP contribution < -0.4 is 0 Å². The van der Waals surface area contributed by atoms with Crippen LogP contribution in [0.5, 0.6) is 0 Å². The lowest BCUT2D eigenvalue weighted by atomic mass is 9.89. The van der Waals surface area contributed by atoms with Crippen molar-refractivity contribution in [3.8, 4) is 0 Å². The summed E-state index contributed by atoms with van der Waals surface area (Å²) >= 11 is 1.58. The number of carbonyl (C=O) groups is 1. The minimum atomic E-state index is -4.38. The first-order valence-corrected chi connectivity index (χ1v) is 11.8. The van der Waals surface area contributed by atoms with Gasteiger partial charge < -0.3 is 19.8 Å². The van der Waals surface area contributed by atoms with Crippen molar-refractivity contribution >= 4 is 23.4 Å². The molecule has 0 bridgehead atoms. The molecule has 2 N–H and O–H groups in total.